The Hall–Kier alpha value is -1.71. The van der Waals surface area contributed by atoms with Crippen molar-refractivity contribution in [1.29, 1.82) is 10.8 Å². The number of rotatable bonds is 0. The summed E-state index contributed by atoms with van der Waals surface area (Å²) >= 11 is 0. The summed E-state index contributed by atoms with van der Waals surface area (Å²) in [5.41, 5.74) is 1.02. The monoisotopic (exact) mass is 147 g/mol. The van der Waals surface area contributed by atoms with Gasteiger partial charge in [0.2, 0.25) is 0 Å². The van der Waals surface area contributed by atoms with E-state index in [1.807, 2.05) is 0 Å². The first kappa shape index (κ1) is 6.03. The number of benzene rings is 1. The van der Waals surface area contributed by atoms with Gasteiger partial charge in [-0.3, -0.25) is 15.6 Å². The molecular formula is C7H5N3O. The third-order valence-corrected chi connectivity index (χ3v) is 1.65. The van der Waals surface area contributed by atoms with Crippen LogP contribution in [0.3, 0.4) is 0 Å². The molecule has 4 heteroatoms. The lowest BCUT2D eigenvalue weighted by molar-refractivity contribution is 1.08. The van der Waals surface area contributed by atoms with Gasteiger partial charge in [-0.15, -0.1) is 0 Å². The summed E-state index contributed by atoms with van der Waals surface area (Å²) in [6.07, 6.45) is 0. The van der Waals surface area contributed by atoms with Crippen LogP contribution in [0.2, 0.25) is 0 Å². The Kier molecular flexibility index (Phi) is 0.910. The molecule has 0 spiro atoms. The minimum atomic E-state index is -0.159. The van der Waals surface area contributed by atoms with Crippen LogP contribution in [-0.4, -0.2) is 4.98 Å². The SMILES string of the molecule is N=c1cc2[nH]c(=O)c-2cc1=N. The summed E-state index contributed by atoms with van der Waals surface area (Å²) in [5, 5.41) is 14.7. The summed E-state index contributed by atoms with van der Waals surface area (Å²) in [5.74, 6) is 0. The van der Waals surface area contributed by atoms with Crippen molar-refractivity contribution in [1.82, 2.24) is 4.98 Å². The maximum atomic E-state index is 10.7. The highest BCUT2D eigenvalue weighted by Gasteiger charge is 2.11. The molecule has 11 heavy (non-hydrogen) atoms. The van der Waals surface area contributed by atoms with Crippen molar-refractivity contribution < 1.29 is 0 Å². The van der Waals surface area contributed by atoms with Gasteiger partial charge in [0.15, 0.2) is 0 Å². The first-order valence-corrected chi connectivity index (χ1v) is 3.11. The minimum absolute atomic E-state index is 0.0959. The van der Waals surface area contributed by atoms with Gasteiger partial charge in [0.05, 0.1) is 22.0 Å². The van der Waals surface area contributed by atoms with Crippen molar-refractivity contribution in [2.45, 2.75) is 0 Å². The molecule has 3 N–H and O–H groups in total. The van der Waals surface area contributed by atoms with Crippen LogP contribution < -0.4 is 16.3 Å². The third kappa shape index (κ3) is 0.660. The van der Waals surface area contributed by atoms with Crippen molar-refractivity contribution in [2.75, 3.05) is 0 Å². The van der Waals surface area contributed by atoms with E-state index in [0.29, 0.717) is 11.3 Å². The average molecular weight is 147 g/mol. The number of hydrogen-bond donors (Lipinski definition) is 3. The largest absolute Gasteiger partial charge is 0.321 e. The number of H-pyrrole nitrogens is 1. The van der Waals surface area contributed by atoms with Gasteiger partial charge >= 0.3 is 0 Å². The van der Waals surface area contributed by atoms with Crippen LogP contribution in [0.4, 0.5) is 0 Å². The molecule has 0 aromatic carbocycles. The molecule has 1 aliphatic heterocycles. The number of fused-ring (bicyclic) bond motifs is 1. The highest BCUT2D eigenvalue weighted by Crippen LogP contribution is 2.09. The molecule has 0 saturated heterocycles. The predicted molar refractivity (Wildman–Crippen MR) is 37.8 cm³/mol. The molecule has 0 radical (unpaired) electrons. The van der Waals surface area contributed by atoms with E-state index in [1.165, 1.54) is 12.1 Å². The van der Waals surface area contributed by atoms with E-state index in [0.717, 1.165) is 0 Å². The van der Waals surface area contributed by atoms with Crippen molar-refractivity contribution in [3.8, 4) is 11.3 Å². The Morgan fingerprint density at radius 1 is 1.18 bits per heavy atom. The van der Waals surface area contributed by atoms with Gasteiger partial charge in [0.1, 0.15) is 0 Å². The third-order valence-electron chi connectivity index (χ3n) is 1.65. The van der Waals surface area contributed by atoms with Crippen LogP contribution in [-0.2, 0) is 0 Å². The second kappa shape index (κ2) is 1.66. The Morgan fingerprint density at radius 3 is 2.45 bits per heavy atom. The summed E-state index contributed by atoms with van der Waals surface area (Å²) in [4.78, 5) is 13.2. The fraction of sp³-hybridized carbons (Fsp3) is 0. The number of nitrogens with one attached hydrogen (secondary N) is 3. The number of aromatic nitrogens is 1. The fourth-order valence-electron chi connectivity index (χ4n) is 1.02. The normalized spacial score (nSPS) is 10.9. The molecule has 2 aliphatic rings. The maximum absolute atomic E-state index is 10.7. The second-order valence-electron chi connectivity index (χ2n) is 2.40. The quantitative estimate of drug-likeness (QED) is 0.453. The van der Waals surface area contributed by atoms with E-state index in [9.17, 15) is 4.79 Å². The van der Waals surface area contributed by atoms with E-state index in [4.69, 9.17) is 10.8 Å². The van der Waals surface area contributed by atoms with Gasteiger partial charge in [-0.05, 0) is 12.1 Å². The molecular weight excluding hydrogens is 142 g/mol. The van der Waals surface area contributed by atoms with E-state index >= 15 is 0 Å². The maximum Gasteiger partial charge on any atom is 0.257 e. The Labute approximate surface area is 61.2 Å². The number of aromatic amines is 1. The van der Waals surface area contributed by atoms with Gasteiger partial charge in [-0.1, -0.05) is 0 Å². The predicted octanol–water partition coefficient (Wildman–Crippen LogP) is -0.686. The van der Waals surface area contributed by atoms with Gasteiger partial charge in [-0.25, -0.2) is 0 Å². The lowest BCUT2D eigenvalue weighted by Crippen LogP contribution is -2.29. The molecule has 0 aromatic rings. The van der Waals surface area contributed by atoms with Crippen molar-refractivity contribution in [2.24, 2.45) is 0 Å². The number of hydrogen-bond acceptors (Lipinski definition) is 3. The summed E-state index contributed by atoms with van der Waals surface area (Å²) in [7, 11) is 0. The molecule has 0 fully saturated rings. The molecule has 0 atom stereocenters. The van der Waals surface area contributed by atoms with Crippen LogP contribution in [0.5, 0.6) is 0 Å². The fourth-order valence-corrected chi connectivity index (χ4v) is 1.02. The topological polar surface area (TPSA) is 80.6 Å². The average Bonchev–Trinajstić information content (AvgIpc) is 1.97. The zero-order valence-electron chi connectivity index (χ0n) is 5.56. The van der Waals surface area contributed by atoms with E-state index in [2.05, 4.69) is 4.98 Å². The molecule has 0 unspecified atom stereocenters. The second-order valence-corrected chi connectivity index (χ2v) is 2.40. The zero-order valence-corrected chi connectivity index (χ0v) is 5.56. The smallest absolute Gasteiger partial charge is 0.257 e. The Morgan fingerprint density at radius 2 is 1.82 bits per heavy atom. The van der Waals surface area contributed by atoms with Crippen molar-refractivity contribution >= 4 is 0 Å². The highest BCUT2D eigenvalue weighted by atomic mass is 16.1. The van der Waals surface area contributed by atoms with Crippen molar-refractivity contribution in [3.05, 3.63) is 33.2 Å². The lowest BCUT2D eigenvalue weighted by Gasteiger charge is -2.05. The van der Waals surface area contributed by atoms with E-state index < -0.39 is 0 Å². The van der Waals surface area contributed by atoms with Crippen LogP contribution in [0.25, 0.3) is 11.3 Å². The molecule has 1 heterocycles. The zero-order chi connectivity index (χ0) is 8.01. The van der Waals surface area contributed by atoms with E-state index in [1.54, 1.807) is 0 Å². The lowest BCUT2D eigenvalue weighted by atomic mass is 10.1. The molecule has 0 amide bonds. The summed E-state index contributed by atoms with van der Waals surface area (Å²) < 4.78 is 0. The summed E-state index contributed by atoms with van der Waals surface area (Å²) in [6, 6.07) is 2.90. The summed E-state index contributed by atoms with van der Waals surface area (Å²) in [6.45, 7) is 0. The van der Waals surface area contributed by atoms with Gasteiger partial charge in [-0.2, -0.15) is 0 Å². The molecule has 1 aliphatic carbocycles. The Bertz CT molecular complexity index is 501. The van der Waals surface area contributed by atoms with E-state index in [-0.39, 0.29) is 16.3 Å². The van der Waals surface area contributed by atoms with Crippen LogP contribution >= 0.6 is 0 Å². The van der Waals surface area contributed by atoms with Crippen LogP contribution in [0.15, 0.2) is 16.9 Å². The molecule has 0 saturated carbocycles. The molecule has 0 bridgehead atoms. The van der Waals surface area contributed by atoms with Crippen LogP contribution in [0, 0.1) is 10.8 Å². The molecule has 4 nitrogen and oxygen atoms in total. The highest BCUT2D eigenvalue weighted by molar-refractivity contribution is 5.62. The standard InChI is InChI=1S/C7H5N3O/c8-4-1-3-6(2-5(4)9)10-7(3)11/h1-2,8-9H,(H,10,11). The van der Waals surface area contributed by atoms with Crippen molar-refractivity contribution in [3.63, 3.8) is 0 Å². The first-order chi connectivity index (χ1) is 5.18. The minimum Gasteiger partial charge on any atom is -0.321 e. The van der Waals surface area contributed by atoms with Crippen LogP contribution in [0.1, 0.15) is 0 Å². The first-order valence-electron chi connectivity index (χ1n) is 3.11. The molecule has 54 valence electrons. The molecule has 2 rings (SSSR count). The van der Waals surface area contributed by atoms with Gasteiger partial charge in [0, 0.05) is 0 Å². The Balaban J connectivity index is 3.03. The van der Waals surface area contributed by atoms with Gasteiger partial charge < -0.3 is 4.98 Å². The van der Waals surface area contributed by atoms with Gasteiger partial charge in [0.25, 0.3) is 5.56 Å². The molecule has 0 aromatic heterocycles.